The number of carbonyl (C=O) groups is 1. The summed E-state index contributed by atoms with van der Waals surface area (Å²) in [6.45, 7) is 4.42. The van der Waals surface area contributed by atoms with E-state index in [0.717, 1.165) is 12.8 Å². The highest BCUT2D eigenvalue weighted by Gasteiger charge is 2.27. The zero-order chi connectivity index (χ0) is 13.7. The third-order valence-corrected chi connectivity index (χ3v) is 4.34. The Hall–Kier alpha value is -1.11. The Morgan fingerprint density at radius 1 is 1.11 bits per heavy atom. The quantitative estimate of drug-likeness (QED) is 0.687. The fraction of sp³-hybridized carbons (Fsp3) is 0.611. The summed E-state index contributed by atoms with van der Waals surface area (Å²) >= 11 is 0. The third kappa shape index (κ3) is 3.92. The van der Waals surface area contributed by atoms with E-state index in [9.17, 15) is 4.79 Å². The Kier molecular flexibility index (Phi) is 5.18. The molecule has 1 aromatic rings. The lowest BCUT2D eigenvalue weighted by Gasteiger charge is -2.25. The van der Waals surface area contributed by atoms with E-state index in [0.29, 0.717) is 11.7 Å². The van der Waals surface area contributed by atoms with Crippen molar-refractivity contribution >= 4 is 5.78 Å². The van der Waals surface area contributed by atoms with Gasteiger partial charge in [0.1, 0.15) is 5.78 Å². The van der Waals surface area contributed by atoms with E-state index in [-0.39, 0.29) is 5.92 Å². The molecular weight excluding hydrogens is 232 g/mol. The first-order valence-corrected chi connectivity index (χ1v) is 7.82. The van der Waals surface area contributed by atoms with Gasteiger partial charge in [-0.15, -0.1) is 0 Å². The average molecular weight is 258 g/mol. The number of unbranched alkanes of at least 4 members (excludes halogenated alkanes) is 2. The number of ketones is 1. The van der Waals surface area contributed by atoms with Crippen LogP contribution in [0.5, 0.6) is 0 Å². The molecule has 104 valence electrons. The van der Waals surface area contributed by atoms with Gasteiger partial charge in [0.25, 0.3) is 0 Å². The Bertz CT molecular complexity index is 404. The van der Waals surface area contributed by atoms with Gasteiger partial charge in [0.15, 0.2) is 0 Å². The van der Waals surface area contributed by atoms with Crippen molar-refractivity contribution in [3.63, 3.8) is 0 Å². The van der Waals surface area contributed by atoms with Crippen molar-refractivity contribution in [2.24, 2.45) is 5.92 Å². The maximum Gasteiger partial charge on any atom is 0.140 e. The van der Waals surface area contributed by atoms with Gasteiger partial charge in [-0.3, -0.25) is 4.79 Å². The summed E-state index contributed by atoms with van der Waals surface area (Å²) in [4.78, 5) is 12.1. The first-order chi connectivity index (χ1) is 9.20. The smallest absolute Gasteiger partial charge is 0.140 e. The molecule has 1 nitrogen and oxygen atoms in total. The molecular formula is C18H26O. The topological polar surface area (TPSA) is 17.1 Å². The molecule has 0 N–H and O–H groups in total. The highest BCUT2D eigenvalue weighted by Crippen LogP contribution is 2.33. The van der Waals surface area contributed by atoms with Crippen molar-refractivity contribution in [3.05, 3.63) is 35.4 Å². The van der Waals surface area contributed by atoms with E-state index in [1.165, 1.54) is 43.2 Å². The lowest BCUT2D eigenvalue weighted by molar-refractivity contribution is -0.123. The molecule has 1 aliphatic carbocycles. The van der Waals surface area contributed by atoms with E-state index in [1.54, 1.807) is 0 Å². The normalized spacial score (nSPS) is 23.6. The second-order valence-corrected chi connectivity index (χ2v) is 6.10. The monoisotopic (exact) mass is 258 g/mol. The molecule has 0 heterocycles. The van der Waals surface area contributed by atoms with Crippen LogP contribution in [0.4, 0.5) is 0 Å². The summed E-state index contributed by atoms with van der Waals surface area (Å²) < 4.78 is 0. The Morgan fingerprint density at radius 2 is 1.84 bits per heavy atom. The van der Waals surface area contributed by atoms with Crippen LogP contribution >= 0.6 is 0 Å². The molecule has 2 atom stereocenters. The van der Waals surface area contributed by atoms with E-state index in [1.807, 2.05) is 0 Å². The number of hydrogen-bond acceptors (Lipinski definition) is 1. The van der Waals surface area contributed by atoms with Crippen LogP contribution in [-0.2, 0) is 11.2 Å². The van der Waals surface area contributed by atoms with E-state index >= 15 is 0 Å². The van der Waals surface area contributed by atoms with Crippen LogP contribution in [0.25, 0.3) is 0 Å². The predicted octanol–water partition coefficient (Wildman–Crippen LogP) is 4.89. The largest absolute Gasteiger partial charge is 0.299 e. The lowest BCUT2D eigenvalue weighted by atomic mass is 9.78. The van der Waals surface area contributed by atoms with Gasteiger partial charge < -0.3 is 0 Å². The SMILES string of the molecule is CCCCCc1ccc([C@H]2CC[C@H](C)CC2=O)cc1. The molecule has 0 unspecified atom stereocenters. The molecule has 0 aliphatic heterocycles. The summed E-state index contributed by atoms with van der Waals surface area (Å²) in [7, 11) is 0. The molecule has 2 rings (SSSR count). The maximum atomic E-state index is 12.1. The van der Waals surface area contributed by atoms with Crippen LogP contribution < -0.4 is 0 Å². The van der Waals surface area contributed by atoms with Gasteiger partial charge in [0, 0.05) is 12.3 Å². The number of benzene rings is 1. The third-order valence-electron chi connectivity index (χ3n) is 4.34. The van der Waals surface area contributed by atoms with E-state index < -0.39 is 0 Å². The zero-order valence-corrected chi connectivity index (χ0v) is 12.3. The summed E-state index contributed by atoms with van der Waals surface area (Å²) in [5.74, 6) is 1.19. The fourth-order valence-electron chi connectivity index (χ4n) is 3.05. The molecule has 0 amide bonds. The fourth-order valence-corrected chi connectivity index (χ4v) is 3.05. The Morgan fingerprint density at radius 3 is 2.47 bits per heavy atom. The van der Waals surface area contributed by atoms with Gasteiger partial charge >= 0.3 is 0 Å². The van der Waals surface area contributed by atoms with Crippen LogP contribution in [0.1, 0.15) is 69.4 Å². The molecule has 0 aromatic heterocycles. The van der Waals surface area contributed by atoms with Gasteiger partial charge in [-0.05, 0) is 42.7 Å². The zero-order valence-electron chi connectivity index (χ0n) is 12.3. The lowest BCUT2D eigenvalue weighted by Crippen LogP contribution is -2.21. The van der Waals surface area contributed by atoms with Crippen LogP contribution in [0.3, 0.4) is 0 Å². The molecule has 1 aliphatic rings. The molecule has 1 saturated carbocycles. The number of rotatable bonds is 5. The molecule has 1 aromatic carbocycles. The van der Waals surface area contributed by atoms with E-state index in [4.69, 9.17) is 0 Å². The summed E-state index contributed by atoms with van der Waals surface area (Å²) in [5.41, 5.74) is 2.64. The van der Waals surface area contributed by atoms with Gasteiger partial charge in [-0.1, -0.05) is 51.0 Å². The summed E-state index contributed by atoms with van der Waals surface area (Å²) in [6, 6.07) is 8.80. The number of carbonyl (C=O) groups excluding carboxylic acids is 1. The standard InChI is InChI=1S/C18H26O/c1-3-4-5-6-15-8-10-16(11-9-15)17-12-7-14(2)13-18(17)19/h8-11,14,17H,3-7,12-13H2,1-2H3/t14-,17+/m0/s1. The second-order valence-electron chi connectivity index (χ2n) is 6.10. The molecule has 0 saturated heterocycles. The first kappa shape index (κ1) is 14.3. The minimum atomic E-state index is 0.167. The minimum Gasteiger partial charge on any atom is -0.299 e. The highest BCUT2D eigenvalue weighted by molar-refractivity contribution is 5.86. The van der Waals surface area contributed by atoms with Crippen molar-refractivity contribution in [1.29, 1.82) is 0 Å². The summed E-state index contributed by atoms with van der Waals surface area (Å²) in [6.07, 6.45) is 8.01. The highest BCUT2D eigenvalue weighted by atomic mass is 16.1. The first-order valence-electron chi connectivity index (χ1n) is 7.82. The van der Waals surface area contributed by atoms with Crippen molar-refractivity contribution in [1.82, 2.24) is 0 Å². The van der Waals surface area contributed by atoms with Gasteiger partial charge in [0.2, 0.25) is 0 Å². The number of hydrogen-bond donors (Lipinski definition) is 0. The Balaban J connectivity index is 1.96. The van der Waals surface area contributed by atoms with Crippen LogP contribution in [0.15, 0.2) is 24.3 Å². The van der Waals surface area contributed by atoms with Crippen molar-refractivity contribution in [2.75, 3.05) is 0 Å². The Labute approximate surface area is 117 Å². The van der Waals surface area contributed by atoms with Gasteiger partial charge in [0.05, 0.1) is 0 Å². The van der Waals surface area contributed by atoms with E-state index in [2.05, 4.69) is 38.1 Å². The number of aryl methyl sites for hydroxylation is 1. The molecule has 19 heavy (non-hydrogen) atoms. The van der Waals surface area contributed by atoms with Crippen LogP contribution in [0.2, 0.25) is 0 Å². The molecule has 0 spiro atoms. The van der Waals surface area contributed by atoms with Gasteiger partial charge in [-0.25, -0.2) is 0 Å². The summed E-state index contributed by atoms with van der Waals surface area (Å²) in [5, 5.41) is 0. The second kappa shape index (κ2) is 6.88. The van der Waals surface area contributed by atoms with Crippen molar-refractivity contribution in [3.8, 4) is 0 Å². The van der Waals surface area contributed by atoms with Crippen LogP contribution in [-0.4, -0.2) is 5.78 Å². The molecule has 1 heteroatoms. The van der Waals surface area contributed by atoms with Crippen molar-refractivity contribution < 1.29 is 4.79 Å². The van der Waals surface area contributed by atoms with Crippen LogP contribution in [0, 0.1) is 5.92 Å². The molecule has 0 radical (unpaired) electrons. The molecule has 1 fully saturated rings. The minimum absolute atomic E-state index is 0.167. The average Bonchev–Trinajstić information content (AvgIpc) is 2.40. The predicted molar refractivity (Wildman–Crippen MR) is 80.4 cm³/mol. The van der Waals surface area contributed by atoms with Crippen molar-refractivity contribution in [2.45, 2.75) is 64.7 Å². The maximum absolute atomic E-state index is 12.1. The number of Topliss-reactive ketones (excluding diaryl/α,β-unsaturated/α-hetero) is 1. The molecule has 0 bridgehead atoms. The van der Waals surface area contributed by atoms with Gasteiger partial charge in [-0.2, -0.15) is 0 Å².